The maximum atomic E-state index is 11.6. The second kappa shape index (κ2) is 6.36. The molecule has 0 saturated heterocycles. The highest BCUT2D eigenvalue weighted by atomic mass is 16.2. The summed E-state index contributed by atoms with van der Waals surface area (Å²) >= 11 is 0. The Morgan fingerprint density at radius 1 is 1.21 bits per heavy atom. The van der Waals surface area contributed by atoms with Crippen LogP contribution in [0.25, 0.3) is 0 Å². The van der Waals surface area contributed by atoms with Crippen LogP contribution in [0.2, 0.25) is 0 Å². The van der Waals surface area contributed by atoms with Gasteiger partial charge in [-0.2, -0.15) is 5.10 Å². The van der Waals surface area contributed by atoms with E-state index in [1.54, 1.807) is 0 Å². The van der Waals surface area contributed by atoms with Crippen molar-refractivity contribution < 1.29 is 4.79 Å². The molecule has 1 aromatic carbocycles. The van der Waals surface area contributed by atoms with Gasteiger partial charge in [-0.05, 0) is 45.1 Å². The van der Waals surface area contributed by atoms with Gasteiger partial charge in [0.1, 0.15) is 0 Å². The summed E-state index contributed by atoms with van der Waals surface area (Å²) in [4.78, 5) is 11.6. The Kier molecular flexibility index (Phi) is 4.55. The minimum absolute atomic E-state index is 0.113. The van der Waals surface area contributed by atoms with Crippen LogP contribution in [-0.4, -0.2) is 17.8 Å². The maximum Gasteiger partial charge on any atom is 0.335 e. The summed E-state index contributed by atoms with van der Waals surface area (Å²) in [5.74, 6) is 0. The molecule has 0 atom stereocenters. The van der Waals surface area contributed by atoms with Gasteiger partial charge in [-0.3, -0.25) is 0 Å². The van der Waals surface area contributed by atoms with E-state index in [0.29, 0.717) is 0 Å². The third kappa shape index (κ3) is 3.81. The molecule has 0 aliphatic heterocycles. The average molecular weight is 259 g/mol. The summed E-state index contributed by atoms with van der Waals surface area (Å²) in [5.41, 5.74) is 6.06. The molecule has 4 heteroatoms. The molecule has 0 radical (unpaired) electrons. The number of rotatable bonds is 2. The lowest BCUT2D eigenvalue weighted by molar-refractivity contribution is 0.239. The SMILES string of the molecule is CC(C)NC(=O)N/N=C1/CCCCc2ccccc21. The van der Waals surface area contributed by atoms with E-state index in [-0.39, 0.29) is 12.1 Å². The van der Waals surface area contributed by atoms with Gasteiger partial charge in [-0.25, -0.2) is 10.2 Å². The van der Waals surface area contributed by atoms with Crippen LogP contribution < -0.4 is 10.7 Å². The standard InChI is InChI=1S/C15H21N3O/c1-11(2)16-15(19)18-17-14-10-6-4-8-12-7-3-5-9-13(12)14/h3,5,7,9,11H,4,6,8,10H2,1-2H3,(H2,16,18,19)/b17-14-. The fraction of sp³-hybridized carbons (Fsp3) is 0.467. The monoisotopic (exact) mass is 259 g/mol. The van der Waals surface area contributed by atoms with Crippen molar-refractivity contribution in [3.63, 3.8) is 0 Å². The molecule has 0 unspecified atom stereocenters. The second-order valence-electron chi connectivity index (χ2n) is 5.16. The van der Waals surface area contributed by atoms with Crippen LogP contribution in [0, 0.1) is 0 Å². The van der Waals surface area contributed by atoms with Crippen LogP contribution in [0.4, 0.5) is 4.79 Å². The van der Waals surface area contributed by atoms with Gasteiger partial charge in [0.25, 0.3) is 0 Å². The van der Waals surface area contributed by atoms with Crippen molar-refractivity contribution in [2.24, 2.45) is 5.10 Å². The quantitative estimate of drug-likeness (QED) is 0.623. The Morgan fingerprint density at radius 3 is 2.74 bits per heavy atom. The molecule has 1 aromatic rings. The molecule has 0 aromatic heterocycles. The summed E-state index contributed by atoms with van der Waals surface area (Å²) < 4.78 is 0. The van der Waals surface area contributed by atoms with Gasteiger partial charge in [-0.1, -0.05) is 24.3 Å². The fourth-order valence-electron chi connectivity index (χ4n) is 2.29. The number of nitrogens with zero attached hydrogens (tertiary/aromatic N) is 1. The minimum atomic E-state index is -0.246. The molecular formula is C15H21N3O. The summed E-state index contributed by atoms with van der Waals surface area (Å²) in [6.07, 6.45) is 4.29. The molecule has 102 valence electrons. The maximum absolute atomic E-state index is 11.6. The van der Waals surface area contributed by atoms with Crippen molar-refractivity contribution in [3.8, 4) is 0 Å². The van der Waals surface area contributed by atoms with E-state index in [1.807, 2.05) is 19.9 Å². The van der Waals surface area contributed by atoms with E-state index >= 15 is 0 Å². The first-order chi connectivity index (χ1) is 9.16. The van der Waals surface area contributed by atoms with Gasteiger partial charge in [-0.15, -0.1) is 0 Å². The molecular weight excluding hydrogens is 238 g/mol. The molecule has 2 amide bonds. The first-order valence-electron chi connectivity index (χ1n) is 6.88. The number of fused-ring (bicyclic) bond motifs is 1. The fourth-order valence-corrected chi connectivity index (χ4v) is 2.29. The Balaban J connectivity index is 2.13. The van der Waals surface area contributed by atoms with E-state index in [4.69, 9.17) is 0 Å². The molecule has 2 N–H and O–H groups in total. The first-order valence-corrected chi connectivity index (χ1v) is 6.88. The number of hydrogen-bond donors (Lipinski definition) is 2. The third-order valence-electron chi connectivity index (χ3n) is 3.15. The van der Waals surface area contributed by atoms with Crippen LogP contribution in [0.1, 0.15) is 44.2 Å². The van der Waals surface area contributed by atoms with Crippen molar-refractivity contribution in [3.05, 3.63) is 35.4 Å². The Morgan fingerprint density at radius 2 is 1.95 bits per heavy atom. The van der Waals surface area contributed by atoms with Gasteiger partial charge in [0.15, 0.2) is 0 Å². The topological polar surface area (TPSA) is 53.5 Å². The predicted octanol–water partition coefficient (Wildman–Crippen LogP) is 2.82. The zero-order chi connectivity index (χ0) is 13.7. The van der Waals surface area contributed by atoms with E-state index in [2.05, 4.69) is 34.0 Å². The summed E-state index contributed by atoms with van der Waals surface area (Å²) in [7, 11) is 0. The van der Waals surface area contributed by atoms with Crippen LogP contribution >= 0.6 is 0 Å². The van der Waals surface area contributed by atoms with Crippen LogP contribution in [0.5, 0.6) is 0 Å². The highest BCUT2D eigenvalue weighted by Crippen LogP contribution is 2.20. The van der Waals surface area contributed by atoms with Crippen molar-refractivity contribution in [1.82, 2.24) is 10.7 Å². The van der Waals surface area contributed by atoms with Crippen LogP contribution in [-0.2, 0) is 6.42 Å². The number of nitrogens with one attached hydrogen (secondary N) is 2. The smallest absolute Gasteiger partial charge is 0.335 e. The molecule has 1 aliphatic carbocycles. The number of amides is 2. The zero-order valence-electron chi connectivity index (χ0n) is 11.6. The number of urea groups is 1. The first kappa shape index (κ1) is 13.6. The zero-order valence-corrected chi connectivity index (χ0v) is 11.6. The van der Waals surface area contributed by atoms with Gasteiger partial charge in [0.2, 0.25) is 0 Å². The molecule has 19 heavy (non-hydrogen) atoms. The van der Waals surface area contributed by atoms with E-state index in [0.717, 1.165) is 25.0 Å². The molecule has 0 saturated carbocycles. The molecule has 0 spiro atoms. The molecule has 2 rings (SSSR count). The third-order valence-corrected chi connectivity index (χ3v) is 3.15. The lowest BCUT2D eigenvalue weighted by atomic mass is 10.0. The Labute approximate surface area is 114 Å². The highest BCUT2D eigenvalue weighted by Gasteiger charge is 2.13. The van der Waals surface area contributed by atoms with Gasteiger partial charge < -0.3 is 5.32 Å². The van der Waals surface area contributed by atoms with Crippen LogP contribution in [0.3, 0.4) is 0 Å². The van der Waals surface area contributed by atoms with Gasteiger partial charge in [0, 0.05) is 11.6 Å². The summed E-state index contributed by atoms with van der Waals surface area (Å²) in [6, 6.07) is 8.17. The number of aryl methyl sites for hydroxylation is 1. The lowest BCUT2D eigenvalue weighted by Gasteiger charge is -2.10. The Hall–Kier alpha value is -1.84. The molecule has 0 heterocycles. The lowest BCUT2D eigenvalue weighted by Crippen LogP contribution is -2.37. The average Bonchev–Trinajstić information content (AvgIpc) is 2.58. The van der Waals surface area contributed by atoms with Crippen molar-refractivity contribution in [2.75, 3.05) is 0 Å². The highest BCUT2D eigenvalue weighted by molar-refractivity contribution is 6.02. The van der Waals surface area contributed by atoms with E-state index < -0.39 is 0 Å². The predicted molar refractivity (Wildman–Crippen MR) is 77.3 cm³/mol. The van der Waals surface area contributed by atoms with Crippen molar-refractivity contribution in [2.45, 2.75) is 45.6 Å². The molecule has 1 aliphatic rings. The number of hydrazone groups is 1. The van der Waals surface area contributed by atoms with Crippen molar-refractivity contribution in [1.29, 1.82) is 0 Å². The number of hydrogen-bond acceptors (Lipinski definition) is 2. The molecule has 4 nitrogen and oxygen atoms in total. The van der Waals surface area contributed by atoms with E-state index in [9.17, 15) is 4.79 Å². The largest absolute Gasteiger partial charge is 0.335 e. The second-order valence-corrected chi connectivity index (χ2v) is 5.16. The van der Waals surface area contributed by atoms with Crippen molar-refractivity contribution >= 4 is 11.7 Å². The normalized spacial score (nSPS) is 16.9. The summed E-state index contributed by atoms with van der Waals surface area (Å²) in [5, 5.41) is 7.06. The van der Waals surface area contributed by atoms with Crippen LogP contribution in [0.15, 0.2) is 29.4 Å². The Bertz CT molecular complexity index is 480. The summed E-state index contributed by atoms with van der Waals surface area (Å²) in [6.45, 7) is 3.85. The number of carbonyl (C=O) groups is 1. The van der Waals surface area contributed by atoms with Gasteiger partial charge >= 0.3 is 6.03 Å². The number of benzene rings is 1. The minimum Gasteiger partial charge on any atom is -0.335 e. The molecule has 0 fully saturated rings. The van der Waals surface area contributed by atoms with Gasteiger partial charge in [0.05, 0.1) is 5.71 Å². The molecule has 0 bridgehead atoms. The number of carbonyl (C=O) groups excluding carboxylic acids is 1. The van der Waals surface area contributed by atoms with E-state index in [1.165, 1.54) is 17.5 Å².